The van der Waals surface area contributed by atoms with E-state index < -0.39 is 0 Å². The quantitative estimate of drug-likeness (QED) is 0.437. The van der Waals surface area contributed by atoms with Crippen LogP contribution in [0.3, 0.4) is 0 Å². The molecule has 10 heavy (non-hydrogen) atoms. The van der Waals surface area contributed by atoms with E-state index in [-0.39, 0.29) is 5.60 Å². The molecule has 0 saturated heterocycles. The molecule has 0 aromatic carbocycles. The van der Waals surface area contributed by atoms with E-state index in [1.165, 1.54) is 6.08 Å². The van der Waals surface area contributed by atoms with Crippen molar-refractivity contribution in [1.29, 1.82) is 0 Å². The van der Waals surface area contributed by atoms with E-state index in [0.717, 1.165) is 0 Å². The minimum Gasteiger partial charge on any atom is -0.374 e. The molecule has 0 radical (unpaired) electrons. The summed E-state index contributed by atoms with van der Waals surface area (Å²) in [7, 11) is 0. The number of hydrogen-bond acceptors (Lipinski definition) is 3. The molecule has 0 spiro atoms. The lowest BCUT2D eigenvalue weighted by Gasteiger charge is -2.20. The number of carbonyl (C=O) groups excluding carboxylic acids is 1. The highest BCUT2D eigenvalue weighted by Crippen LogP contribution is 2.07. The van der Waals surface area contributed by atoms with Crippen molar-refractivity contribution >= 4 is 6.08 Å². The van der Waals surface area contributed by atoms with Crippen LogP contribution in [0.4, 0.5) is 0 Å². The van der Waals surface area contributed by atoms with E-state index in [4.69, 9.17) is 4.74 Å². The Labute approximate surface area is 61.1 Å². The number of hydrogen-bond donors (Lipinski definition) is 0. The van der Waals surface area contributed by atoms with Gasteiger partial charge >= 0.3 is 0 Å². The molecule has 0 aliphatic rings. The van der Waals surface area contributed by atoms with Gasteiger partial charge in [0, 0.05) is 6.61 Å². The van der Waals surface area contributed by atoms with Gasteiger partial charge in [-0.2, -0.15) is 0 Å². The van der Waals surface area contributed by atoms with Crippen molar-refractivity contribution in [1.82, 2.24) is 0 Å². The van der Waals surface area contributed by atoms with Crippen LogP contribution >= 0.6 is 0 Å². The Morgan fingerprint density at radius 1 is 1.60 bits per heavy atom. The first kappa shape index (κ1) is 9.34. The van der Waals surface area contributed by atoms with Gasteiger partial charge in [-0.05, 0) is 20.8 Å². The van der Waals surface area contributed by atoms with Crippen LogP contribution in [0.5, 0.6) is 0 Å². The van der Waals surface area contributed by atoms with Gasteiger partial charge < -0.3 is 4.74 Å². The van der Waals surface area contributed by atoms with Gasteiger partial charge in [-0.3, -0.25) is 0 Å². The lowest BCUT2D eigenvalue weighted by atomic mass is 10.1. The summed E-state index contributed by atoms with van der Waals surface area (Å²) in [6.07, 6.45) is 1.48. The van der Waals surface area contributed by atoms with Gasteiger partial charge in [-0.25, -0.2) is 9.79 Å². The van der Waals surface area contributed by atoms with Crippen molar-refractivity contribution < 1.29 is 9.53 Å². The number of nitrogens with zero attached hydrogens (tertiary/aromatic N) is 1. The summed E-state index contributed by atoms with van der Waals surface area (Å²) in [5.41, 5.74) is -0.327. The highest BCUT2D eigenvalue weighted by molar-refractivity contribution is 5.33. The van der Waals surface area contributed by atoms with Crippen LogP contribution < -0.4 is 0 Å². The number of isocyanates is 1. The highest BCUT2D eigenvalue weighted by atomic mass is 16.5. The van der Waals surface area contributed by atoms with E-state index in [0.29, 0.717) is 13.2 Å². The fourth-order valence-corrected chi connectivity index (χ4v) is 0.659. The van der Waals surface area contributed by atoms with Crippen LogP contribution in [0.15, 0.2) is 4.99 Å². The second-order valence-corrected chi connectivity index (χ2v) is 2.60. The van der Waals surface area contributed by atoms with E-state index in [1.807, 2.05) is 20.8 Å². The summed E-state index contributed by atoms with van der Waals surface area (Å²) in [6.45, 7) is 6.70. The third-order valence-corrected chi connectivity index (χ3v) is 1.06. The largest absolute Gasteiger partial charge is 0.374 e. The SMILES string of the molecule is CCOC(C)(C)CN=C=O. The standard InChI is InChI=1S/C7H13NO2/c1-4-10-7(2,3)5-8-6-9/h4-5H2,1-3H3. The zero-order valence-electron chi connectivity index (χ0n) is 6.68. The van der Waals surface area contributed by atoms with Crippen molar-refractivity contribution in [2.75, 3.05) is 13.2 Å². The van der Waals surface area contributed by atoms with Crippen LogP contribution in [-0.2, 0) is 9.53 Å². The molecule has 3 nitrogen and oxygen atoms in total. The normalized spacial score (nSPS) is 10.7. The third-order valence-electron chi connectivity index (χ3n) is 1.06. The van der Waals surface area contributed by atoms with Gasteiger partial charge in [0.15, 0.2) is 0 Å². The van der Waals surface area contributed by atoms with Gasteiger partial charge in [-0.1, -0.05) is 0 Å². The fraction of sp³-hybridized carbons (Fsp3) is 0.857. The summed E-state index contributed by atoms with van der Waals surface area (Å²) >= 11 is 0. The molecule has 0 unspecified atom stereocenters. The predicted octanol–water partition coefficient (Wildman–Crippen LogP) is 1.14. The summed E-state index contributed by atoms with van der Waals surface area (Å²) in [6, 6.07) is 0. The number of aliphatic imine (C=N–C) groups is 1. The molecule has 0 aromatic rings. The highest BCUT2D eigenvalue weighted by Gasteiger charge is 2.15. The molecule has 3 heteroatoms. The maximum atomic E-state index is 9.71. The molecule has 0 fully saturated rings. The van der Waals surface area contributed by atoms with Gasteiger partial charge in [-0.15, -0.1) is 0 Å². The Balaban J connectivity index is 3.73. The van der Waals surface area contributed by atoms with Crippen molar-refractivity contribution in [2.24, 2.45) is 4.99 Å². The summed E-state index contributed by atoms with van der Waals surface area (Å²) in [5.74, 6) is 0. The molecule has 58 valence electrons. The van der Waals surface area contributed by atoms with Crippen LogP contribution in [-0.4, -0.2) is 24.8 Å². The second kappa shape index (κ2) is 4.20. The number of ether oxygens (including phenoxy) is 1. The molecule has 0 aromatic heterocycles. The summed E-state index contributed by atoms with van der Waals surface area (Å²) < 4.78 is 5.26. The topological polar surface area (TPSA) is 38.7 Å². The third kappa shape index (κ3) is 4.24. The Bertz CT molecular complexity index is 137. The zero-order chi connectivity index (χ0) is 8.04. The molecular formula is C7H13NO2. The monoisotopic (exact) mass is 143 g/mol. The van der Waals surface area contributed by atoms with Crippen LogP contribution in [0.2, 0.25) is 0 Å². The van der Waals surface area contributed by atoms with Gasteiger partial charge in [0.05, 0.1) is 12.1 Å². The van der Waals surface area contributed by atoms with Crippen molar-refractivity contribution in [3.63, 3.8) is 0 Å². The maximum Gasteiger partial charge on any atom is 0.235 e. The van der Waals surface area contributed by atoms with Gasteiger partial charge in [0.25, 0.3) is 0 Å². The first-order chi connectivity index (χ1) is 4.62. The lowest BCUT2D eigenvalue weighted by molar-refractivity contribution is -0.00209. The minimum atomic E-state index is -0.327. The van der Waals surface area contributed by atoms with Crippen molar-refractivity contribution in [2.45, 2.75) is 26.4 Å². The Morgan fingerprint density at radius 3 is 2.60 bits per heavy atom. The molecule has 0 N–H and O–H groups in total. The first-order valence-electron chi connectivity index (χ1n) is 3.30. The van der Waals surface area contributed by atoms with Crippen molar-refractivity contribution in [3.05, 3.63) is 0 Å². The molecule has 0 rings (SSSR count). The summed E-state index contributed by atoms with van der Waals surface area (Å²) in [5, 5.41) is 0. The molecule has 0 heterocycles. The molecule has 0 aliphatic heterocycles. The Hall–Kier alpha value is -0.660. The average Bonchev–Trinajstić information content (AvgIpc) is 1.84. The van der Waals surface area contributed by atoms with Gasteiger partial charge in [0.1, 0.15) is 0 Å². The van der Waals surface area contributed by atoms with Crippen LogP contribution in [0, 0.1) is 0 Å². The lowest BCUT2D eigenvalue weighted by Crippen LogP contribution is -2.27. The fourth-order valence-electron chi connectivity index (χ4n) is 0.659. The zero-order valence-corrected chi connectivity index (χ0v) is 6.68. The molecule has 0 aliphatic carbocycles. The molecular weight excluding hydrogens is 130 g/mol. The second-order valence-electron chi connectivity index (χ2n) is 2.60. The maximum absolute atomic E-state index is 9.71. The minimum absolute atomic E-state index is 0.327. The first-order valence-corrected chi connectivity index (χ1v) is 3.30. The molecule has 0 saturated carbocycles. The molecule has 0 amide bonds. The van der Waals surface area contributed by atoms with E-state index in [1.54, 1.807) is 0 Å². The Kier molecular flexibility index (Phi) is 3.93. The summed E-state index contributed by atoms with van der Waals surface area (Å²) in [4.78, 5) is 13.1. The van der Waals surface area contributed by atoms with E-state index in [9.17, 15) is 4.79 Å². The number of rotatable bonds is 4. The van der Waals surface area contributed by atoms with Gasteiger partial charge in [0.2, 0.25) is 6.08 Å². The van der Waals surface area contributed by atoms with Crippen LogP contribution in [0.1, 0.15) is 20.8 Å². The Morgan fingerprint density at radius 2 is 2.20 bits per heavy atom. The van der Waals surface area contributed by atoms with E-state index in [2.05, 4.69) is 4.99 Å². The van der Waals surface area contributed by atoms with Crippen molar-refractivity contribution in [3.8, 4) is 0 Å². The molecule has 0 atom stereocenters. The smallest absolute Gasteiger partial charge is 0.235 e. The van der Waals surface area contributed by atoms with E-state index >= 15 is 0 Å². The predicted molar refractivity (Wildman–Crippen MR) is 38.7 cm³/mol. The average molecular weight is 143 g/mol. The molecule has 0 bridgehead atoms. The van der Waals surface area contributed by atoms with Crippen LogP contribution in [0.25, 0.3) is 0 Å².